The van der Waals surface area contributed by atoms with Crippen LogP contribution in [0.5, 0.6) is 5.75 Å². The molecule has 6 heteroatoms. The topological polar surface area (TPSA) is 84.9 Å². The van der Waals surface area contributed by atoms with Crippen LogP contribution in [0.15, 0.2) is 24.3 Å². The van der Waals surface area contributed by atoms with E-state index in [0.29, 0.717) is 31.8 Å². The maximum atomic E-state index is 12.4. The predicted molar refractivity (Wildman–Crippen MR) is 84.5 cm³/mol. The van der Waals surface area contributed by atoms with Gasteiger partial charge in [-0.1, -0.05) is 12.1 Å². The zero-order valence-corrected chi connectivity index (χ0v) is 13.5. The minimum absolute atomic E-state index is 0.124. The zero-order chi connectivity index (χ0) is 16.9. The van der Waals surface area contributed by atoms with Gasteiger partial charge in [-0.2, -0.15) is 0 Å². The predicted octanol–water partition coefficient (Wildman–Crippen LogP) is 1.80. The van der Waals surface area contributed by atoms with Gasteiger partial charge in [0.2, 0.25) is 5.91 Å². The van der Waals surface area contributed by atoms with E-state index in [1.165, 1.54) is 0 Å². The summed E-state index contributed by atoms with van der Waals surface area (Å²) in [7, 11) is 1.58. The summed E-state index contributed by atoms with van der Waals surface area (Å²) in [4.78, 5) is 24.0. The van der Waals surface area contributed by atoms with Crippen molar-refractivity contribution in [1.82, 2.24) is 5.32 Å². The quantitative estimate of drug-likeness (QED) is 0.834. The van der Waals surface area contributed by atoms with Gasteiger partial charge in [0.05, 0.1) is 18.4 Å². The molecule has 1 heterocycles. The highest BCUT2D eigenvalue weighted by molar-refractivity contribution is 5.84. The van der Waals surface area contributed by atoms with Crippen molar-refractivity contribution in [3.63, 3.8) is 0 Å². The smallest absolute Gasteiger partial charge is 0.311 e. The number of carbonyl (C=O) groups excluding carboxylic acids is 1. The minimum atomic E-state index is -0.929. The van der Waals surface area contributed by atoms with Crippen molar-refractivity contribution in [2.24, 2.45) is 5.41 Å². The van der Waals surface area contributed by atoms with Crippen LogP contribution in [0.3, 0.4) is 0 Å². The first-order valence-electron chi connectivity index (χ1n) is 7.71. The molecule has 1 amide bonds. The van der Waals surface area contributed by atoms with E-state index in [1.54, 1.807) is 14.0 Å². The van der Waals surface area contributed by atoms with E-state index < -0.39 is 11.4 Å². The summed E-state index contributed by atoms with van der Waals surface area (Å²) >= 11 is 0. The average molecular weight is 321 g/mol. The fourth-order valence-electron chi connectivity index (χ4n) is 2.70. The molecule has 1 aromatic carbocycles. The lowest BCUT2D eigenvalue weighted by molar-refractivity contribution is -0.154. The van der Waals surface area contributed by atoms with E-state index in [0.717, 1.165) is 5.56 Å². The van der Waals surface area contributed by atoms with Gasteiger partial charge in [0.25, 0.3) is 0 Å². The number of hydrogen-bond acceptors (Lipinski definition) is 4. The molecule has 23 heavy (non-hydrogen) atoms. The molecule has 2 N–H and O–H groups in total. The molecule has 1 saturated heterocycles. The second kappa shape index (κ2) is 7.46. The van der Waals surface area contributed by atoms with Gasteiger partial charge in [0.1, 0.15) is 5.75 Å². The normalized spacial score (nSPS) is 18.0. The van der Waals surface area contributed by atoms with E-state index in [1.807, 2.05) is 24.3 Å². The van der Waals surface area contributed by atoms with Crippen molar-refractivity contribution in [3.8, 4) is 5.75 Å². The first kappa shape index (κ1) is 17.3. The molecule has 1 fully saturated rings. The Hall–Kier alpha value is -2.08. The number of hydrogen-bond donors (Lipinski definition) is 2. The van der Waals surface area contributed by atoms with Crippen molar-refractivity contribution in [3.05, 3.63) is 29.8 Å². The summed E-state index contributed by atoms with van der Waals surface area (Å²) in [5, 5.41) is 12.3. The molecule has 1 aliphatic heterocycles. The number of carboxylic acids is 1. The van der Waals surface area contributed by atoms with Crippen LogP contribution >= 0.6 is 0 Å². The molecule has 1 unspecified atom stereocenters. The molecular weight excluding hydrogens is 298 g/mol. The molecule has 0 saturated carbocycles. The van der Waals surface area contributed by atoms with Crippen molar-refractivity contribution in [2.75, 3.05) is 26.9 Å². The number of ether oxygens (including phenoxy) is 2. The number of nitrogens with one attached hydrogen (secondary N) is 1. The molecule has 0 spiro atoms. The highest BCUT2D eigenvalue weighted by atomic mass is 16.5. The molecule has 126 valence electrons. The number of benzene rings is 1. The van der Waals surface area contributed by atoms with Crippen LogP contribution in [-0.4, -0.2) is 43.9 Å². The van der Waals surface area contributed by atoms with Crippen LogP contribution in [0.1, 0.15) is 31.2 Å². The Morgan fingerprint density at radius 3 is 2.70 bits per heavy atom. The molecule has 0 bridgehead atoms. The molecule has 2 rings (SSSR count). The second-order valence-electron chi connectivity index (χ2n) is 5.91. The molecule has 0 aliphatic carbocycles. The Morgan fingerprint density at radius 1 is 1.39 bits per heavy atom. The Kier molecular flexibility index (Phi) is 5.60. The van der Waals surface area contributed by atoms with Crippen molar-refractivity contribution in [2.45, 2.75) is 25.7 Å². The van der Waals surface area contributed by atoms with Crippen LogP contribution < -0.4 is 10.1 Å². The molecule has 0 aromatic heterocycles. The Morgan fingerprint density at radius 2 is 2.09 bits per heavy atom. The monoisotopic (exact) mass is 321 g/mol. The first-order valence-corrected chi connectivity index (χ1v) is 7.71. The number of carbonyl (C=O) groups is 2. The number of methoxy groups -OCH3 is 1. The number of aliphatic carboxylic acids is 1. The summed E-state index contributed by atoms with van der Waals surface area (Å²) in [5.41, 5.74) is -0.0969. The van der Waals surface area contributed by atoms with Gasteiger partial charge in [0, 0.05) is 19.8 Å². The van der Waals surface area contributed by atoms with Gasteiger partial charge in [-0.15, -0.1) is 0 Å². The van der Waals surface area contributed by atoms with Gasteiger partial charge in [-0.05, 0) is 37.5 Å². The lowest BCUT2D eigenvalue weighted by atomic mass is 9.80. The summed E-state index contributed by atoms with van der Waals surface area (Å²) in [6, 6.07) is 7.31. The van der Waals surface area contributed by atoms with E-state index in [4.69, 9.17) is 9.47 Å². The lowest BCUT2D eigenvalue weighted by Crippen LogP contribution is -2.47. The van der Waals surface area contributed by atoms with Crippen molar-refractivity contribution >= 4 is 11.9 Å². The van der Waals surface area contributed by atoms with Crippen molar-refractivity contribution < 1.29 is 24.2 Å². The largest absolute Gasteiger partial charge is 0.497 e. The number of rotatable bonds is 6. The molecule has 1 aromatic rings. The van der Waals surface area contributed by atoms with Crippen molar-refractivity contribution in [1.29, 1.82) is 0 Å². The third kappa shape index (κ3) is 4.01. The lowest BCUT2D eigenvalue weighted by Gasteiger charge is -2.33. The summed E-state index contributed by atoms with van der Waals surface area (Å²) in [6.07, 6.45) is 0.826. The van der Waals surface area contributed by atoms with Gasteiger partial charge >= 0.3 is 5.97 Å². The van der Waals surface area contributed by atoms with E-state index in [9.17, 15) is 14.7 Å². The molecule has 6 nitrogen and oxygen atoms in total. The highest BCUT2D eigenvalue weighted by Gasteiger charge is 2.40. The Labute approximate surface area is 135 Å². The molecule has 1 atom stereocenters. The second-order valence-corrected chi connectivity index (χ2v) is 5.91. The zero-order valence-electron chi connectivity index (χ0n) is 13.5. The summed E-state index contributed by atoms with van der Waals surface area (Å²) < 4.78 is 10.4. The molecular formula is C17H23NO5. The van der Waals surface area contributed by atoms with E-state index >= 15 is 0 Å². The average Bonchev–Trinajstić information content (AvgIpc) is 2.59. The van der Waals surface area contributed by atoms with Gasteiger partial charge in [-0.25, -0.2) is 0 Å². The third-order valence-corrected chi connectivity index (χ3v) is 4.49. The van der Waals surface area contributed by atoms with Crippen LogP contribution in [0.4, 0.5) is 0 Å². The number of amides is 1. The maximum absolute atomic E-state index is 12.4. The van der Waals surface area contributed by atoms with E-state index in [2.05, 4.69) is 5.32 Å². The fourth-order valence-corrected chi connectivity index (χ4v) is 2.70. The van der Waals surface area contributed by atoms with E-state index in [-0.39, 0.29) is 18.4 Å². The molecule has 0 radical (unpaired) electrons. The third-order valence-electron chi connectivity index (χ3n) is 4.49. The van der Waals surface area contributed by atoms with Gasteiger partial charge in [-0.3, -0.25) is 9.59 Å². The van der Waals surface area contributed by atoms with Crippen LogP contribution in [0.2, 0.25) is 0 Å². The van der Waals surface area contributed by atoms with Crippen LogP contribution in [0, 0.1) is 5.41 Å². The SMILES string of the molecule is COc1cccc(C(C)C(=O)NCC2(C(=O)O)CCOCC2)c1. The Balaban J connectivity index is 2.01. The van der Waals surface area contributed by atoms with Gasteiger partial charge < -0.3 is 19.9 Å². The standard InChI is InChI=1S/C17H23NO5/c1-12(13-4-3-5-14(10-13)22-2)15(19)18-11-17(16(20)21)6-8-23-9-7-17/h3-5,10,12H,6-9,11H2,1-2H3,(H,18,19)(H,20,21). The Bertz CT molecular complexity index is 566. The fraction of sp³-hybridized carbons (Fsp3) is 0.529. The number of carboxylic acid groups (broad SMARTS) is 1. The summed E-state index contributed by atoms with van der Waals surface area (Å²) in [5.74, 6) is -0.759. The van der Waals surface area contributed by atoms with Gasteiger partial charge in [0.15, 0.2) is 0 Å². The molecule has 1 aliphatic rings. The minimum Gasteiger partial charge on any atom is -0.497 e. The van der Waals surface area contributed by atoms with Crippen LogP contribution in [0.25, 0.3) is 0 Å². The maximum Gasteiger partial charge on any atom is 0.311 e. The van der Waals surface area contributed by atoms with Crippen LogP contribution in [-0.2, 0) is 14.3 Å². The first-order chi connectivity index (χ1) is 11.0. The highest BCUT2D eigenvalue weighted by Crippen LogP contribution is 2.30. The summed E-state index contributed by atoms with van der Waals surface area (Å²) in [6.45, 7) is 2.74.